The zero-order chi connectivity index (χ0) is 36.6. The summed E-state index contributed by atoms with van der Waals surface area (Å²) in [6.45, 7) is 9.00. The van der Waals surface area contributed by atoms with Crippen molar-refractivity contribution in [2.45, 2.75) is 44.7 Å². The molecule has 4 heterocycles. The summed E-state index contributed by atoms with van der Waals surface area (Å²) in [6, 6.07) is 17.6. The zero-order valence-corrected chi connectivity index (χ0v) is 31.0. The lowest BCUT2D eigenvalue weighted by molar-refractivity contribution is -0.119. The number of carbonyl (C=O) groups is 1. The second-order valence-corrected chi connectivity index (χ2v) is 13.5. The molecule has 0 radical (unpaired) electrons. The van der Waals surface area contributed by atoms with Gasteiger partial charge in [-0.2, -0.15) is 0 Å². The average molecular weight is 742 g/mol. The normalized spacial score (nSPS) is 18.2. The molecule has 1 amide bonds. The first kappa shape index (κ1) is 37.1. The van der Waals surface area contributed by atoms with Crippen molar-refractivity contribution in [3.63, 3.8) is 0 Å². The molecule has 2 saturated heterocycles. The van der Waals surface area contributed by atoms with Crippen LogP contribution in [0.2, 0.25) is 10.0 Å². The molecular weight excluding hydrogens is 699 g/mol. The Bertz CT molecular complexity index is 1990. The van der Waals surface area contributed by atoms with Crippen molar-refractivity contribution in [1.82, 2.24) is 30.5 Å². The number of pyridine rings is 1. The highest BCUT2D eigenvalue weighted by molar-refractivity contribution is 6.39. The molecule has 2 N–H and O–H groups in total. The Kier molecular flexibility index (Phi) is 12.3. The first-order valence-electron chi connectivity index (χ1n) is 17.2. The molecule has 0 spiro atoms. The molecular formula is C39H42Cl2N8O3. The lowest BCUT2D eigenvalue weighted by Gasteiger charge is -2.18. The van der Waals surface area contributed by atoms with Crippen LogP contribution in [-0.4, -0.2) is 84.6 Å². The Balaban J connectivity index is 1.21. The van der Waals surface area contributed by atoms with Gasteiger partial charge >= 0.3 is 0 Å². The van der Waals surface area contributed by atoms with Gasteiger partial charge in [-0.15, -0.1) is 0 Å². The lowest BCUT2D eigenvalue weighted by atomic mass is 9.98. The van der Waals surface area contributed by atoms with E-state index in [0.717, 1.165) is 48.4 Å². The highest BCUT2D eigenvalue weighted by Crippen LogP contribution is 2.40. The van der Waals surface area contributed by atoms with Crippen LogP contribution >= 0.6 is 23.2 Å². The predicted molar refractivity (Wildman–Crippen MR) is 206 cm³/mol. The van der Waals surface area contributed by atoms with Crippen LogP contribution in [0.5, 0.6) is 5.88 Å². The number of amides is 1. The van der Waals surface area contributed by atoms with Crippen molar-refractivity contribution in [3.05, 3.63) is 106 Å². The second-order valence-electron chi connectivity index (χ2n) is 12.8. The molecule has 6 rings (SSSR count). The largest absolute Gasteiger partial charge is 0.480 e. The van der Waals surface area contributed by atoms with E-state index in [1.807, 2.05) is 61.7 Å². The maximum atomic E-state index is 11.5. The Labute approximate surface area is 314 Å². The van der Waals surface area contributed by atoms with E-state index in [4.69, 9.17) is 47.6 Å². The molecule has 4 aromatic rings. The van der Waals surface area contributed by atoms with E-state index >= 15 is 0 Å². The molecule has 2 aromatic heterocycles. The molecule has 1 unspecified atom stereocenters. The quantitative estimate of drug-likeness (QED) is 0.108. The topological polar surface area (TPSA) is 126 Å². The average Bonchev–Trinajstić information content (AvgIpc) is 3.82. The van der Waals surface area contributed by atoms with Crippen molar-refractivity contribution in [3.8, 4) is 28.3 Å². The molecule has 0 aliphatic carbocycles. The summed E-state index contributed by atoms with van der Waals surface area (Å²) in [5.74, 6) is 1.23. The summed E-state index contributed by atoms with van der Waals surface area (Å²) < 4.78 is 11.3. The van der Waals surface area contributed by atoms with Crippen LogP contribution in [0, 0.1) is 0 Å². The summed E-state index contributed by atoms with van der Waals surface area (Å²) in [4.78, 5) is 37.0. The minimum Gasteiger partial charge on any atom is -0.480 e. The maximum Gasteiger partial charge on any atom is 0.237 e. The van der Waals surface area contributed by atoms with Gasteiger partial charge in [0.2, 0.25) is 17.7 Å². The molecule has 2 aromatic carbocycles. The third-order valence-electron chi connectivity index (χ3n) is 9.38. The summed E-state index contributed by atoms with van der Waals surface area (Å²) in [5, 5.41) is 7.22. The molecule has 52 heavy (non-hydrogen) atoms. The minimum atomic E-state index is 0.0707. The third-order valence-corrected chi connectivity index (χ3v) is 10.2. The van der Waals surface area contributed by atoms with Gasteiger partial charge in [-0.3, -0.25) is 24.7 Å². The molecule has 13 heteroatoms. The summed E-state index contributed by atoms with van der Waals surface area (Å²) in [7, 11) is 3.14. The number of aliphatic imine (C=N–C) groups is 2. The van der Waals surface area contributed by atoms with E-state index in [1.54, 1.807) is 13.3 Å². The monoisotopic (exact) mass is 740 g/mol. The Morgan fingerprint density at radius 3 is 2.54 bits per heavy atom. The number of methoxy groups -OCH3 is 2. The Morgan fingerprint density at radius 1 is 1.04 bits per heavy atom. The molecule has 2 fully saturated rings. The lowest BCUT2D eigenvalue weighted by Crippen LogP contribution is -2.36. The highest BCUT2D eigenvalue weighted by Gasteiger charge is 2.27. The smallest absolute Gasteiger partial charge is 0.237 e. The van der Waals surface area contributed by atoms with Crippen molar-refractivity contribution in [2.75, 3.05) is 40.4 Å². The van der Waals surface area contributed by atoms with E-state index < -0.39 is 0 Å². The Hall–Kier alpha value is -4.68. The first-order valence-corrected chi connectivity index (χ1v) is 18.0. The fourth-order valence-corrected chi connectivity index (χ4v) is 7.33. The summed E-state index contributed by atoms with van der Waals surface area (Å²) in [6.07, 6.45) is 5.97. The molecule has 2 aliphatic rings. The molecule has 270 valence electrons. The van der Waals surface area contributed by atoms with E-state index in [1.165, 1.54) is 7.11 Å². The number of ether oxygens (including phenoxy) is 2. The number of carbonyl (C=O) groups excluding carboxylic acids is 1. The number of hydrogen-bond donors (Lipinski definition) is 2. The third kappa shape index (κ3) is 8.50. The van der Waals surface area contributed by atoms with Crippen molar-refractivity contribution >= 4 is 41.5 Å². The van der Waals surface area contributed by atoms with E-state index in [9.17, 15) is 4.79 Å². The number of benzene rings is 2. The van der Waals surface area contributed by atoms with Crippen molar-refractivity contribution in [2.24, 2.45) is 9.98 Å². The number of likely N-dealkylation sites (tertiary alicyclic amines) is 1. The fraction of sp³-hybridized carbons (Fsp3) is 0.333. The van der Waals surface area contributed by atoms with Crippen LogP contribution in [0.1, 0.15) is 49.1 Å². The van der Waals surface area contributed by atoms with Gasteiger partial charge in [-0.25, -0.2) is 9.98 Å². The van der Waals surface area contributed by atoms with Crippen LogP contribution in [0.3, 0.4) is 0 Å². The highest BCUT2D eigenvalue weighted by atomic mass is 35.5. The first-order chi connectivity index (χ1) is 25.3. The van der Waals surface area contributed by atoms with Crippen LogP contribution in [0.15, 0.2) is 88.6 Å². The van der Waals surface area contributed by atoms with Crippen LogP contribution in [0.4, 0.5) is 0 Å². The van der Waals surface area contributed by atoms with Gasteiger partial charge in [0.25, 0.3) is 0 Å². The Morgan fingerprint density at radius 2 is 1.83 bits per heavy atom. The van der Waals surface area contributed by atoms with Gasteiger partial charge in [-0.1, -0.05) is 65.7 Å². The number of nitrogens with one attached hydrogen (secondary N) is 2. The summed E-state index contributed by atoms with van der Waals surface area (Å²) in [5.41, 5.74) is 6.51. The zero-order valence-electron chi connectivity index (χ0n) is 29.5. The van der Waals surface area contributed by atoms with E-state index in [2.05, 4.69) is 38.3 Å². The van der Waals surface area contributed by atoms with Gasteiger partial charge < -0.3 is 20.1 Å². The SMILES string of the molecule is C=N/C(CNC[C@@H]1CCC(=O)N1)=C(\N=C(/C)c1cccc(-c2cccc(-c3cnc(CN4CCC(c5ccccn5)C4)c(OC)n3)c2Cl)c1Cl)OC. The number of rotatable bonds is 14. The van der Waals surface area contributed by atoms with E-state index in [-0.39, 0.29) is 11.9 Å². The minimum absolute atomic E-state index is 0.0707. The van der Waals surface area contributed by atoms with Gasteiger partial charge in [0, 0.05) is 78.7 Å². The van der Waals surface area contributed by atoms with Gasteiger partial charge in [0.15, 0.2) is 0 Å². The van der Waals surface area contributed by atoms with Crippen molar-refractivity contribution in [1.29, 1.82) is 0 Å². The predicted octanol–water partition coefficient (Wildman–Crippen LogP) is 6.70. The number of nitrogens with zero attached hydrogens (tertiary/aromatic N) is 6. The molecule has 0 saturated carbocycles. The van der Waals surface area contributed by atoms with Gasteiger partial charge in [-0.05, 0) is 45.2 Å². The van der Waals surface area contributed by atoms with Crippen molar-refractivity contribution < 1.29 is 14.3 Å². The van der Waals surface area contributed by atoms with Gasteiger partial charge in [0.05, 0.1) is 41.9 Å². The van der Waals surface area contributed by atoms with E-state index in [0.29, 0.717) is 82.0 Å². The van der Waals surface area contributed by atoms with Crippen LogP contribution in [-0.2, 0) is 16.1 Å². The number of halogens is 2. The van der Waals surface area contributed by atoms with Crippen LogP contribution in [0.25, 0.3) is 22.4 Å². The van der Waals surface area contributed by atoms with Gasteiger partial charge in [0.1, 0.15) is 11.4 Å². The second kappa shape index (κ2) is 17.2. The number of aromatic nitrogens is 3. The van der Waals surface area contributed by atoms with Crippen LogP contribution < -0.4 is 15.4 Å². The number of hydrogen-bond acceptors (Lipinski definition) is 10. The maximum absolute atomic E-state index is 11.5. The molecule has 2 atom stereocenters. The summed E-state index contributed by atoms with van der Waals surface area (Å²) >= 11 is 14.2. The fourth-order valence-electron chi connectivity index (χ4n) is 6.64. The molecule has 11 nitrogen and oxygen atoms in total. The molecule has 0 bridgehead atoms. The standard InChI is InChI=1S/C39H42Cl2N8O3/c1-24(46-38(51-3)33(42-2)20-43-19-26-14-15-35(50)47-26)27-9-7-10-28(36(27)40)29-11-8-12-30(37(29)41)32-21-45-34(39(48-32)52-4)23-49-18-16-25(22-49)31-13-5-6-17-44-31/h5-13,17,21,25-26,43H,2,14-16,18-20,22-23H2,1,3-4H3,(H,47,50)/b38-33+,46-24+/t25?,26-/m0/s1. The molecule has 2 aliphatic heterocycles.